The SMILES string of the molecule is O=C(CCOc1ccccc1)NCc1cnn(Cc2ccccc2)c1. The van der Waals surface area contributed by atoms with Crippen molar-refractivity contribution in [1.29, 1.82) is 0 Å². The highest BCUT2D eigenvalue weighted by Gasteiger charge is 2.04. The van der Waals surface area contributed by atoms with Gasteiger partial charge < -0.3 is 10.1 Å². The topological polar surface area (TPSA) is 56.1 Å². The summed E-state index contributed by atoms with van der Waals surface area (Å²) in [6, 6.07) is 19.6. The van der Waals surface area contributed by atoms with E-state index in [1.807, 2.05) is 59.4 Å². The number of ether oxygens (including phenoxy) is 1. The fourth-order valence-electron chi connectivity index (χ4n) is 2.42. The normalized spacial score (nSPS) is 10.4. The largest absolute Gasteiger partial charge is 0.493 e. The van der Waals surface area contributed by atoms with Gasteiger partial charge in [-0.1, -0.05) is 48.5 Å². The number of para-hydroxylation sites is 1. The molecule has 25 heavy (non-hydrogen) atoms. The van der Waals surface area contributed by atoms with Gasteiger partial charge in [-0.15, -0.1) is 0 Å². The summed E-state index contributed by atoms with van der Waals surface area (Å²) in [6.45, 7) is 1.56. The van der Waals surface area contributed by atoms with Gasteiger partial charge in [0.05, 0.1) is 25.8 Å². The summed E-state index contributed by atoms with van der Waals surface area (Å²) < 4.78 is 7.39. The lowest BCUT2D eigenvalue weighted by atomic mass is 10.2. The van der Waals surface area contributed by atoms with Crippen molar-refractivity contribution in [3.8, 4) is 5.75 Å². The lowest BCUT2D eigenvalue weighted by Gasteiger charge is -2.06. The van der Waals surface area contributed by atoms with E-state index in [1.165, 1.54) is 5.56 Å². The summed E-state index contributed by atoms with van der Waals surface area (Å²) in [6.07, 6.45) is 4.06. The number of hydrogen-bond donors (Lipinski definition) is 1. The minimum atomic E-state index is -0.0354. The molecule has 128 valence electrons. The molecule has 0 fully saturated rings. The maximum absolute atomic E-state index is 11.9. The van der Waals surface area contributed by atoms with Gasteiger partial charge in [-0.2, -0.15) is 5.10 Å². The van der Waals surface area contributed by atoms with Gasteiger partial charge in [0.1, 0.15) is 5.75 Å². The fourth-order valence-corrected chi connectivity index (χ4v) is 2.42. The van der Waals surface area contributed by atoms with Crippen molar-refractivity contribution in [2.24, 2.45) is 0 Å². The van der Waals surface area contributed by atoms with Crippen molar-refractivity contribution >= 4 is 5.91 Å². The van der Waals surface area contributed by atoms with Crippen molar-refractivity contribution < 1.29 is 9.53 Å². The molecule has 2 aromatic carbocycles. The van der Waals surface area contributed by atoms with E-state index in [1.54, 1.807) is 6.20 Å². The first-order valence-corrected chi connectivity index (χ1v) is 8.29. The van der Waals surface area contributed by atoms with Crippen molar-refractivity contribution in [2.75, 3.05) is 6.61 Å². The van der Waals surface area contributed by atoms with Crippen LogP contribution in [0.1, 0.15) is 17.5 Å². The zero-order valence-electron chi connectivity index (χ0n) is 14.0. The fraction of sp³-hybridized carbons (Fsp3) is 0.200. The molecule has 0 aliphatic heterocycles. The summed E-state index contributed by atoms with van der Waals surface area (Å²) in [5.41, 5.74) is 2.17. The first kappa shape index (κ1) is 16.8. The van der Waals surface area contributed by atoms with Crippen LogP contribution in [-0.4, -0.2) is 22.3 Å². The molecule has 3 aromatic rings. The van der Waals surface area contributed by atoms with Crippen LogP contribution in [0.15, 0.2) is 73.1 Å². The molecule has 1 amide bonds. The van der Waals surface area contributed by atoms with Crippen LogP contribution < -0.4 is 10.1 Å². The molecule has 5 nitrogen and oxygen atoms in total. The minimum Gasteiger partial charge on any atom is -0.493 e. The van der Waals surface area contributed by atoms with E-state index < -0.39 is 0 Å². The van der Waals surface area contributed by atoms with Gasteiger partial charge in [0, 0.05) is 18.3 Å². The van der Waals surface area contributed by atoms with Gasteiger partial charge in [-0.05, 0) is 17.7 Å². The highest BCUT2D eigenvalue weighted by Crippen LogP contribution is 2.08. The van der Waals surface area contributed by atoms with E-state index in [4.69, 9.17) is 4.74 Å². The van der Waals surface area contributed by atoms with Gasteiger partial charge in [0.15, 0.2) is 0 Å². The molecular weight excluding hydrogens is 314 g/mol. The zero-order chi connectivity index (χ0) is 17.3. The van der Waals surface area contributed by atoms with Gasteiger partial charge in [-0.3, -0.25) is 9.48 Å². The van der Waals surface area contributed by atoms with Crippen LogP contribution in [-0.2, 0) is 17.9 Å². The van der Waals surface area contributed by atoms with Crippen LogP contribution in [0.5, 0.6) is 5.75 Å². The summed E-state index contributed by atoms with van der Waals surface area (Å²) >= 11 is 0. The second kappa shape index (κ2) is 8.68. The number of nitrogens with zero attached hydrogens (tertiary/aromatic N) is 2. The van der Waals surface area contributed by atoms with Crippen molar-refractivity contribution in [3.63, 3.8) is 0 Å². The number of carbonyl (C=O) groups is 1. The van der Waals surface area contributed by atoms with E-state index in [0.29, 0.717) is 19.6 Å². The van der Waals surface area contributed by atoms with E-state index >= 15 is 0 Å². The smallest absolute Gasteiger partial charge is 0.223 e. The average molecular weight is 335 g/mol. The first-order chi connectivity index (χ1) is 12.3. The van der Waals surface area contributed by atoms with Gasteiger partial charge in [0.25, 0.3) is 0 Å². The number of hydrogen-bond acceptors (Lipinski definition) is 3. The number of aromatic nitrogens is 2. The first-order valence-electron chi connectivity index (χ1n) is 8.29. The van der Waals surface area contributed by atoms with Gasteiger partial charge in [0.2, 0.25) is 5.91 Å². The van der Waals surface area contributed by atoms with E-state index in [0.717, 1.165) is 17.9 Å². The molecule has 0 radical (unpaired) electrons. The van der Waals surface area contributed by atoms with Crippen molar-refractivity contribution in [3.05, 3.63) is 84.2 Å². The summed E-state index contributed by atoms with van der Waals surface area (Å²) in [7, 11) is 0. The molecule has 0 spiro atoms. The Bertz CT molecular complexity index is 785. The molecule has 5 heteroatoms. The average Bonchev–Trinajstić information content (AvgIpc) is 3.09. The van der Waals surface area contributed by atoms with Gasteiger partial charge in [-0.25, -0.2) is 0 Å². The summed E-state index contributed by atoms with van der Waals surface area (Å²) in [5.74, 6) is 0.740. The zero-order valence-corrected chi connectivity index (χ0v) is 14.0. The molecule has 0 saturated carbocycles. The second-order valence-corrected chi connectivity index (χ2v) is 5.72. The van der Waals surface area contributed by atoms with Crippen molar-refractivity contribution in [2.45, 2.75) is 19.5 Å². The van der Waals surface area contributed by atoms with Crippen LogP contribution in [0, 0.1) is 0 Å². The van der Waals surface area contributed by atoms with Crippen LogP contribution in [0.2, 0.25) is 0 Å². The third-order valence-corrected chi connectivity index (χ3v) is 3.70. The molecule has 1 N–H and O–H groups in total. The molecule has 0 aliphatic rings. The number of amides is 1. The highest BCUT2D eigenvalue weighted by atomic mass is 16.5. The molecule has 3 rings (SSSR count). The van der Waals surface area contributed by atoms with E-state index in [-0.39, 0.29) is 5.91 Å². The molecule has 1 heterocycles. The van der Waals surface area contributed by atoms with Crippen molar-refractivity contribution in [1.82, 2.24) is 15.1 Å². The molecule has 1 aromatic heterocycles. The lowest BCUT2D eigenvalue weighted by Crippen LogP contribution is -2.24. The van der Waals surface area contributed by atoms with Crippen LogP contribution >= 0.6 is 0 Å². The highest BCUT2D eigenvalue weighted by molar-refractivity contribution is 5.75. The third kappa shape index (κ3) is 5.49. The Hall–Kier alpha value is -3.08. The number of carbonyl (C=O) groups excluding carboxylic acids is 1. The molecule has 0 aliphatic carbocycles. The third-order valence-electron chi connectivity index (χ3n) is 3.70. The molecule has 0 bridgehead atoms. The predicted molar refractivity (Wildman–Crippen MR) is 96.2 cm³/mol. The standard InChI is InChI=1S/C20H21N3O2/c24-20(11-12-25-19-9-5-2-6-10-19)21-13-18-14-22-23(16-18)15-17-7-3-1-4-8-17/h1-10,14,16H,11-13,15H2,(H,21,24). The lowest BCUT2D eigenvalue weighted by molar-refractivity contribution is -0.121. The van der Waals surface area contributed by atoms with E-state index in [2.05, 4.69) is 22.5 Å². The predicted octanol–water partition coefficient (Wildman–Crippen LogP) is 3.02. The Kier molecular flexibility index (Phi) is 5.82. The van der Waals surface area contributed by atoms with Crippen LogP contribution in [0.3, 0.4) is 0 Å². The Morgan fingerprint density at radius 2 is 1.72 bits per heavy atom. The Morgan fingerprint density at radius 1 is 1.00 bits per heavy atom. The Labute approximate surface area is 147 Å². The molecular formula is C20H21N3O2. The van der Waals surface area contributed by atoms with Crippen LogP contribution in [0.25, 0.3) is 0 Å². The minimum absolute atomic E-state index is 0.0354. The number of nitrogens with one attached hydrogen (secondary N) is 1. The maximum Gasteiger partial charge on any atom is 0.223 e. The summed E-state index contributed by atoms with van der Waals surface area (Å²) in [4.78, 5) is 11.9. The molecule has 0 unspecified atom stereocenters. The monoisotopic (exact) mass is 335 g/mol. The number of rotatable bonds is 8. The Balaban J connectivity index is 1.39. The van der Waals surface area contributed by atoms with Gasteiger partial charge >= 0.3 is 0 Å². The number of benzene rings is 2. The van der Waals surface area contributed by atoms with E-state index in [9.17, 15) is 4.79 Å². The second-order valence-electron chi connectivity index (χ2n) is 5.72. The Morgan fingerprint density at radius 3 is 2.48 bits per heavy atom. The molecule has 0 atom stereocenters. The van der Waals surface area contributed by atoms with Crippen LogP contribution in [0.4, 0.5) is 0 Å². The molecule has 0 saturated heterocycles. The summed E-state index contributed by atoms with van der Waals surface area (Å²) in [5, 5.41) is 7.22. The maximum atomic E-state index is 11.9. The quantitative estimate of drug-likeness (QED) is 0.688.